The van der Waals surface area contributed by atoms with Crippen LogP contribution in [0.5, 0.6) is 5.75 Å². The van der Waals surface area contributed by atoms with E-state index in [9.17, 15) is 4.39 Å². The molecule has 0 fully saturated rings. The van der Waals surface area contributed by atoms with Crippen LogP contribution in [0.1, 0.15) is 18.5 Å². The Bertz CT molecular complexity index is 607. The van der Waals surface area contributed by atoms with Gasteiger partial charge in [-0.2, -0.15) is 0 Å². The summed E-state index contributed by atoms with van der Waals surface area (Å²) >= 11 is 6.08. The lowest BCUT2D eigenvalue weighted by molar-refractivity contribution is 0.335. The van der Waals surface area contributed by atoms with Gasteiger partial charge in [-0.15, -0.1) is 0 Å². The first-order valence-electron chi connectivity index (χ1n) is 6.79. The van der Waals surface area contributed by atoms with Crippen LogP contribution in [0, 0.1) is 5.82 Å². The molecule has 0 aliphatic rings. The molecule has 21 heavy (non-hydrogen) atoms. The molecule has 0 radical (unpaired) electrons. The van der Waals surface area contributed by atoms with Crippen molar-refractivity contribution in [1.82, 2.24) is 0 Å². The Hall–Kier alpha value is -1.78. The van der Waals surface area contributed by atoms with Crippen LogP contribution in [0.25, 0.3) is 0 Å². The molecule has 3 N–H and O–H groups in total. The van der Waals surface area contributed by atoms with E-state index in [0.29, 0.717) is 23.9 Å². The average Bonchev–Trinajstić information content (AvgIpc) is 2.49. The smallest absolute Gasteiger partial charge is 0.125 e. The molecule has 0 bridgehead atoms. The van der Waals surface area contributed by atoms with Gasteiger partial charge in [-0.05, 0) is 31.2 Å². The normalized spacial score (nSPS) is 12.0. The van der Waals surface area contributed by atoms with Gasteiger partial charge in [0.1, 0.15) is 11.6 Å². The van der Waals surface area contributed by atoms with Crippen molar-refractivity contribution in [3.8, 4) is 5.75 Å². The van der Waals surface area contributed by atoms with Crippen LogP contribution in [0.4, 0.5) is 10.1 Å². The summed E-state index contributed by atoms with van der Waals surface area (Å²) in [5.74, 6) is 0.409. The summed E-state index contributed by atoms with van der Waals surface area (Å²) in [6.07, 6.45) is 0. The van der Waals surface area contributed by atoms with Crippen molar-refractivity contribution in [2.45, 2.75) is 13.0 Å². The van der Waals surface area contributed by atoms with Gasteiger partial charge in [0, 0.05) is 12.1 Å². The van der Waals surface area contributed by atoms with Crippen LogP contribution in [0.3, 0.4) is 0 Å². The van der Waals surface area contributed by atoms with Crippen molar-refractivity contribution in [2.24, 2.45) is 5.73 Å². The van der Waals surface area contributed by atoms with Crippen molar-refractivity contribution < 1.29 is 9.13 Å². The van der Waals surface area contributed by atoms with Gasteiger partial charge in [0.25, 0.3) is 0 Å². The third-order valence-corrected chi connectivity index (χ3v) is 3.42. The van der Waals surface area contributed by atoms with E-state index in [4.69, 9.17) is 22.1 Å². The highest BCUT2D eigenvalue weighted by Gasteiger charge is 2.16. The summed E-state index contributed by atoms with van der Waals surface area (Å²) in [5.41, 5.74) is 7.28. The highest BCUT2D eigenvalue weighted by molar-refractivity contribution is 6.33. The average molecular weight is 309 g/mol. The molecule has 0 aromatic heterocycles. The molecule has 0 heterocycles. The van der Waals surface area contributed by atoms with Crippen molar-refractivity contribution in [3.63, 3.8) is 0 Å². The lowest BCUT2D eigenvalue weighted by Crippen LogP contribution is -2.21. The Morgan fingerprint density at radius 3 is 2.76 bits per heavy atom. The van der Waals surface area contributed by atoms with Gasteiger partial charge in [-0.3, -0.25) is 0 Å². The Balaban J connectivity index is 2.30. The van der Waals surface area contributed by atoms with Gasteiger partial charge in [0.2, 0.25) is 0 Å². The predicted molar refractivity (Wildman–Crippen MR) is 84.4 cm³/mol. The zero-order chi connectivity index (χ0) is 15.2. The summed E-state index contributed by atoms with van der Waals surface area (Å²) in [6, 6.07) is 11.6. The number of para-hydroxylation sites is 1. The number of ether oxygens (including phenoxy) is 1. The van der Waals surface area contributed by atoms with Gasteiger partial charge in [0.15, 0.2) is 0 Å². The first-order chi connectivity index (χ1) is 10.2. The quantitative estimate of drug-likeness (QED) is 0.848. The molecule has 1 atom stereocenters. The second kappa shape index (κ2) is 7.29. The minimum Gasteiger partial charge on any atom is -0.494 e. The fourth-order valence-corrected chi connectivity index (χ4v) is 2.29. The van der Waals surface area contributed by atoms with E-state index < -0.39 is 0 Å². The molecule has 0 saturated carbocycles. The molecule has 5 heteroatoms. The van der Waals surface area contributed by atoms with Crippen molar-refractivity contribution in [3.05, 3.63) is 58.9 Å². The van der Waals surface area contributed by atoms with E-state index >= 15 is 0 Å². The van der Waals surface area contributed by atoms with Crippen molar-refractivity contribution >= 4 is 17.3 Å². The van der Waals surface area contributed by atoms with Gasteiger partial charge in [0.05, 0.1) is 23.4 Å². The minimum atomic E-state index is -0.351. The molecule has 3 nitrogen and oxygen atoms in total. The zero-order valence-corrected chi connectivity index (χ0v) is 12.5. The Morgan fingerprint density at radius 1 is 1.29 bits per heavy atom. The van der Waals surface area contributed by atoms with Gasteiger partial charge < -0.3 is 15.8 Å². The molecule has 2 aromatic rings. The lowest BCUT2D eigenvalue weighted by atomic mass is 10.1. The molecule has 0 aliphatic heterocycles. The van der Waals surface area contributed by atoms with E-state index in [1.807, 2.05) is 31.2 Å². The number of hydrogen-bond acceptors (Lipinski definition) is 3. The first-order valence-corrected chi connectivity index (χ1v) is 7.17. The number of anilines is 1. The molecular formula is C16H18ClFN2O. The van der Waals surface area contributed by atoms with E-state index in [1.54, 1.807) is 0 Å². The summed E-state index contributed by atoms with van der Waals surface area (Å²) in [5, 5.41) is 3.62. The molecule has 2 rings (SSSR count). The monoisotopic (exact) mass is 308 g/mol. The Kier molecular flexibility index (Phi) is 5.42. The maximum atomic E-state index is 13.3. The maximum Gasteiger partial charge on any atom is 0.125 e. The van der Waals surface area contributed by atoms with Crippen molar-refractivity contribution in [1.29, 1.82) is 0 Å². The van der Waals surface area contributed by atoms with Crippen LogP contribution in [0.2, 0.25) is 5.02 Å². The highest BCUT2D eigenvalue weighted by atomic mass is 35.5. The molecule has 2 aromatic carbocycles. The molecule has 112 valence electrons. The maximum absolute atomic E-state index is 13.3. The van der Waals surface area contributed by atoms with Gasteiger partial charge >= 0.3 is 0 Å². The van der Waals surface area contributed by atoms with E-state index in [0.717, 1.165) is 11.3 Å². The Morgan fingerprint density at radius 2 is 2.05 bits per heavy atom. The fraction of sp³-hybridized carbons (Fsp3) is 0.250. The Labute approximate surface area is 128 Å². The second-order valence-corrected chi connectivity index (χ2v) is 4.93. The lowest BCUT2D eigenvalue weighted by Gasteiger charge is -2.22. The second-order valence-electron chi connectivity index (χ2n) is 4.53. The molecular weight excluding hydrogens is 291 g/mol. The first kappa shape index (κ1) is 15.6. The van der Waals surface area contributed by atoms with Crippen LogP contribution in [0.15, 0.2) is 42.5 Å². The third kappa shape index (κ3) is 3.86. The molecule has 0 saturated heterocycles. The number of nitrogens with one attached hydrogen (secondary N) is 1. The summed E-state index contributed by atoms with van der Waals surface area (Å²) in [4.78, 5) is 0. The van der Waals surface area contributed by atoms with Crippen LogP contribution >= 0.6 is 11.6 Å². The number of nitrogens with two attached hydrogens (primary N) is 1. The van der Waals surface area contributed by atoms with Crippen LogP contribution in [-0.4, -0.2) is 13.2 Å². The SMILES string of the molecule is CCOc1ccccc1C(CN)Nc1cc(F)ccc1Cl. The minimum absolute atomic E-state index is 0.216. The predicted octanol–water partition coefficient (Wildman–Crippen LogP) is 3.99. The summed E-state index contributed by atoms with van der Waals surface area (Å²) < 4.78 is 19.0. The zero-order valence-electron chi connectivity index (χ0n) is 11.8. The van der Waals surface area contributed by atoms with Crippen LogP contribution < -0.4 is 15.8 Å². The third-order valence-electron chi connectivity index (χ3n) is 3.09. The topological polar surface area (TPSA) is 47.3 Å². The van der Waals surface area contributed by atoms with E-state index in [2.05, 4.69) is 5.32 Å². The standard InChI is InChI=1S/C16H18ClFN2O/c1-2-21-16-6-4-3-5-12(16)15(10-19)20-14-9-11(18)7-8-13(14)17/h3-9,15,20H,2,10,19H2,1H3. The molecule has 0 amide bonds. The summed E-state index contributed by atoms with van der Waals surface area (Å²) in [7, 11) is 0. The molecule has 1 unspecified atom stereocenters. The largest absolute Gasteiger partial charge is 0.494 e. The number of benzene rings is 2. The molecule has 0 aliphatic carbocycles. The summed E-state index contributed by atoms with van der Waals surface area (Å²) in [6.45, 7) is 2.82. The van der Waals surface area contributed by atoms with Crippen molar-refractivity contribution in [2.75, 3.05) is 18.5 Å². The number of rotatable bonds is 6. The van der Waals surface area contributed by atoms with Crippen LogP contribution in [-0.2, 0) is 0 Å². The highest BCUT2D eigenvalue weighted by Crippen LogP contribution is 2.30. The number of hydrogen-bond donors (Lipinski definition) is 2. The number of halogens is 2. The molecule has 0 spiro atoms. The van der Waals surface area contributed by atoms with E-state index in [1.165, 1.54) is 18.2 Å². The van der Waals surface area contributed by atoms with Gasteiger partial charge in [-0.1, -0.05) is 29.8 Å². The fourth-order valence-electron chi connectivity index (χ4n) is 2.11. The van der Waals surface area contributed by atoms with Gasteiger partial charge in [-0.25, -0.2) is 4.39 Å². The van der Waals surface area contributed by atoms with E-state index in [-0.39, 0.29) is 11.9 Å².